The number of alkyl halides is 3. The van der Waals surface area contributed by atoms with Gasteiger partial charge in [-0.3, -0.25) is 4.79 Å². The van der Waals surface area contributed by atoms with Crippen LogP contribution in [0.5, 0.6) is 0 Å². The van der Waals surface area contributed by atoms with E-state index in [9.17, 15) is 18.0 Å². The molecule has 0 bridgehead atoms. The van der Waals surface area contributed by atoms with Crippen LogP contribution in [-0.2, 0) is 22.3 Å². The lowest BCUT2D eigenvalue weighted by Crippen LogP contribution is -2.18. The number of halogens is 4. The molecular formula is C16H13ClF3NO2. The van der Waals surface area contributed by atoms with E-state index in [1.165, 1.54) is 6.07 Å². The Morgan fingerprint density at radius 2 is 1.83 bits per heavy atom. The molecule has 3 nitrogen and oxygen atoms in total. The first-order valence-corrected chi connectivity index (χ1v) is 7.02. The van der Waals surface area contributed by atoms with E-state index in [2.05, 4.69) is 5.32 Å². The summed E-state index contributed by atoms with van der Waals surface area (Å²) in [5, 5.41) is 1.92. The number of hydrogen-bond donors (Lipinski definition) is 1. The summed E-state index contributed by atoms with van der Waals surface area (Å²) in [4.78, 5) is 11.7. The predicted octanol–water partition coefficient (Wildman–Crippen LogP) is 4.51. The zero-order valence-electron chi connectivity index (χ0n) is 11.9. The van der Waals surface area contributed by atoms with Crippen molar-refractivity contribution >= 4 is 23.2 Å². The molecule has 0 aliphatic carbocycles. The van der Waals surface area contributed by atoms with Crippen molar-refractivity contribution < 1.29 is 22.7 Å². The van der Waals surface area contributed by atoms with E-state index in [1.807, 2.05) is 30.3 Å². The van der Waals surface area contributed by atoms with Crippen molar-refractivity contribution in [3.8, 4) is 0 Å². The lowest BCUT2D eigenvalue weighted by molar-refractivity contribution is -0.137. The van der Waals surface area contributed by atoms with Crippen molar-refractivity contribution in [1.82, 2.24) is 0 Å². The van der Waals surface area contributed by atoms with Crippen molar-refractivity contribution in [2.24, 2.45) is 0 Å². The normalized spacial score (nSPS) is 11.3. The van der Waals surface area contributed by atoms with Crippen LogP contribution in [0.3, 0.4) is 0 Å². The smallest absolute Gasteiger partial charge is 0.367 e. The minimum Gasteiger partial charge on any atom is -0.367 e. The van der Waals surface area contributed by atoms with Gasteiger partial charge in [-0.1, -0.05) is 41.9 Å². The van der Waals surface area contributed by atoms with Gasteiger partial charge in [0.25, 0.3) is 0 Å². The van der Waals surface area contributed by atoms with E-state index in [1.54, 1.807) is 0 Å². The number of hydrogen-bond acceptors (Lipinski definition) is 2. The van der Waals surface area contributed by atoms with Gasteiger partial charge in [0.2, 0.25) is 5.91 Å². The summed E-state index contributed by atoms with van der Waals surface area (Å²) in [5.41, 5.74) is -0.0941. The third-order valence-electron chi connectivity index (χ3n) is 2.90. The summed E-state index contributed by atoms with van der Waals surface area (Å²) in [7, 11) is 0. The number of carbonyl (C=O) groups is 1. The molecule has 0 unspecified atom stereocenters. The highest BCUT2D eigenvalue weighted by Crippen LogP contribution is 2.36. The number of carbonyl (C=O) groups excluding carboxylic acids is 1. The second kappa shape index (κ2) is 7.48. The highest BCUT2D eigenvalue weighted by Gasteiger charge is 2.33. The molecule has 0 atom stereocenters. The monoisotopic (exact) mass is 343 g/mol. The molecule has 1 amide bonds. The molecule has 23 heavy (non-hydrogen) atoms. The third-order valence-corrected chi connectivity index (χ3v) is 3.23. The van der Waals surface area contributed by atoms with Gasteiger partial charge in [0.05, 0.1) is 17.2 Å². The van der Waals surface area contributed by atoms with Crippen LogP contribution in [-0.4, -0.2) is 12.5 Å². The summed E-state index contributed by atoms with van der Waals surface area (Å²) in [5.74, 6) is -0.545. The topological polar surface area (TPSA) is 38.3 Å². The van der Waals surface area contributed by atoms with E-state index < -0.39 is 22.7 Å². The second-order valence-electron chi connectivity index (χ2n) is 4.72. The Kier molecular flexibility index (Phi) is 5.63. The highest BCUT2D eigenvalue weighted by molar-refractivity contribution is 6.31. The Labute approximate surface area is 136 Å². The average Bonchev–Trinajstić information content (AvgIpc) is 2.49. The molecule has 0 radical (unpaired) electrons. The van der Waals surface area contributed by atoms with Crippen LogP contribution in [0.15, 0.2) is 48.5 Å². The molecule has 0 fully saturated rings. The second-order valence-corrected chi connectivity index (χ2v) is 5.13. The van der Waals surface area contributed by atoms with E-state index in [-0.39, 0.29) is 18.9 Å². The minimum atomic E-state index is -4.58. The standard InChI is InChI=1S/C16H13ClF3NO2/c17-14-7-6-12(8-13(14)16(18,19)20)21-15(22)10-23-9-11-4-2-1-3-5-11/h1-8H,9-10H2,(H,21,22). The molecule has 1 N–H and O–H groups in total. The molecule has 0 saturated carbocycles. The summed E-state index contributed by atoms with van der Waals surface area (Å²) in [6, 6.07) is 12.4. The molecule has 2 aromatic rings. The maximum atomic E-state index is 12.7. The predicted molar refractivity (Wildman–Crippen MR) is 81.2 cm³/mol. The number of benzene rings is 2. The Balaban J connectivity index is 1.90. The summed E-state index contributed by atoms with van der Waals surface area (Å²) in [6.45, 7) is -0.0262. The number of rotatable bonds is 5. The maximum absolute atomic E-state index is 12.7. The van der Waals surface area contributed by atoms with Gasteiger partial charge in [0.15, 0.2) is 0 Å². The SMILES string of the molecule is O=C(COCc1ccccc1)Nc1ccc(Cl)c(C(F)(F)F)c1. The molecule has 7 heteroatoms. The summed E-state index contributed by atoms with van der Waals surface area (Å²) < 4.78 is 43.4. The van der Waals surface area contributed by atoms with Gasteiger partial charge in [-0.25, -0.2) is 0 Å². The summed E-state index contributed by atoms with van der Waals surface area (Å²) >= 11 is 5.51. The first-order chi connectivity index (χ1) is 10.9. The van der Waals surface area contributed by atoms with Crippen LogP contribution in [0.25, 0.3) is 0 Å². The quantitative estimate of drug-likeness (QED) is 0.867. The molecule has 0 aliphatic rings. The molecule has 122 valence electrons. The van der Waals surface area contributed by atoms with Crippen molar-refractivity contribution in [2.75, 3.05) is 11.9 Å². The van der Waals surface area contributed by atoms with Crippen LogP contribution in [0, 0.1) is 0 Å². The maximum Gasteiger partial charge on any atom is 0.417 e. The van der Waals surface area contributed by atoms with Crippen LogP contribution in [0.1, 0.15) is 11.1 Å². The fraction of sp³-hybridized carbons (Fsp3) is 0.188. The molecule has 0 saturated heterocycles. The number of anilines is 1. The van der Waals surface area contributed by atoms with Gasteiger partial charge in [-0.05, 0) is 23.8 Å². The highest BCUT2D eigenvalue weighted by atomic mass is 35.5. The zero-order valence-corrected chi connectivity index (χ0v) is 12.6. The molecule has 2 rings (SSSR count). The van der Waals surface area contributed by atoms with Gasteiger partial charge in [0.1, 0.15) is 6.61 Å². The molecule has 0 aliphatic heterocycles. The fourth-order valence-electron chi connectivity index (χ4n) is 1.85. The van der Waals surface area contributed by atoms with Crippen LogP contribution >= 0.6 is 11.6 Å². The minimum absolute atomic E-state index is 0.00929. The first-order valence-electron chi connectivity index (χ1n) is 6.64. The van der Waals surface area contributed by atoms with Crippen molar-refractivity contribution in [2.45, 2.75) is 12.8 Å². The van der Waals surface area contributed by atoms with E-state index >= 15 is 0 Å². The lowest BCUT2D eigenvalue weighted by atomic mass is 10.2. The third kappa shape index (κ3) is 5.26. The van der Waals surface area contributed by atoms with Crippen LogP contribution in [0.2, 0.25) is 5.02 Å². The molecule has 2 aromatic carbocycles. The zero-order chi connectivity index (χ0) is 16.9. The average molecular weight is 344 g/mol. The van der Waals surface area contributed by atoms with Gasteiger partial charge in [-0.2, -0.15) is 13.2 Å². The number of ether oxygens (including phenoxy) is 1. The van der Waals surface area contributed by atoms with Gasteiger partial charge >= 0.3 is 6.18 Å². The molecule has 0 heterocycles. The van der Waals surface area contributed by atoms with Crippen LogP contribution < -0.4 is 5.32 Å². The lowest BCUT2D eigenvalue weighted by Gasteiger charge is -2.12. The molecule has 0 aromatic heterocycles. The van der Waals surface area contributed by atoms with Crippen molar-refractivity contribution in [3.05, 3.63) is 64.7 Å². The molecule has 0 spiro atoms. The molecular weight excluding hydrogens is 331 g/mol. The van der Waals surface area contributed by atoms with Gasteiger partial charge < -0.3 is 10.1 Å². The first kappa shape index (κ1) is 17.3. The van der Waals surface area contributed by atoms with Crippen LogP contribution in [0.4, 0.5) is 18.9 Å². The Bertz CT molecular complexity index is 675. The van der Waals surface area contributed by atoms with Gasteiger partial charge in [-0.15, -0.1) is 0 Å². The summed E-state index contributed by atoms with van der Waals surface area (Å²) in [6.07, 6.45) is -4.58. The number of amides is 1. The van der Waals surface area contributed by atoms with Crippen molar-refractivity contribution in [1.29, 1.82) is 0 Å². The largest absolute Gasteiger partial charge is 0.417 e. The fourth-order valence-corrected chi connectivity index (χ4v) is 2.08. The number of nitrogens with one attached hydrogen (secondary N) is 1. The van der Waals surface area contributed by atoms with E-state index in [0.29, 0.717) is 0 Å². The van der Waals surface area contributed by atoms with E-state index in [0.717, 1.165) is 17.7 Å². The van der Waals surface area contributed by atoms with Crippen molar-refractivity contribution in [3.63, 3.8) is 0 Å². The Hall–Kier alpha value is -2.05. The Morgan fingerprint density at radius 1 is 1.13 bits per heavy atom. The Morgan fingerprint density at radius 3 is 2.48 bits per heavy atom. The van der Waals surface area contributed by atoms with E-state index in [4.69, 9.17) is 16.3 Å². The van der Waals surface area contributed by atoms with Gasteiger partial charge in [0, 0.05) is 5.69 Å².